The van der Waals surface area contributed by atoms with E-state index in [2.05, 4.69) is 15.9 Å². The van der Waals surface area contributed by atoms with Gasteiger partial charge in [0.25, 0.3) is 5.91 Å². The number of hydrogen-bond donors (Lipinski definition) is 0. The first-order valence-electron chi connectivity index (χ1n) is 5.30. The second-order valence-corrected chi connectivity index (χ2v) is 5.00. The summed E-state index contributed by atoms with van der Waals surface area (Å²) in [5.41, 5.74) is 0.709. The van der Waals surface area contributed by atoms with Crippen LogP contribution in [-0.2, 0) is 11.8 Å². The summed E-state index contributed by atoms with van der Waals surface area (Å²) in [6, 6.07) is 1.85. The second kappa shape index (κ2) is 4.59. The Bertz CT molecular complexity index is 403. The zero-order valence-corrected chi connectivity index (χ0v) is 11.0. The average Bonchev–Trinajstić information content (AvgIpc) is 2.57. The molecule has 0 aromatic carbocycles. The quantitative estimate of drug-likeness (QED) is 0.787. The molecule has 1 fully saturated rings. The maximum absolute atomic E-state index is 12.2. The van der Waals surface area contributed by atoms with Crippen molar-refractivity contribution in [1.82, 2.24) is 9.47 Å². The monoisotopic (exact) mass is 286 g/mol. The Balaban J connectivity index is 2.15. The highest BCUT2D eigenvalue weighted by atomic mass is 79.9. The fourth-order valence-corrected chi connectivity index (χ4v) is 2.43. The normalized spacial score (nSPS) is 21.2. The van der Waals surface area contributed by atoms with Crippen LogP contribution in [0.3, 0.4) is 0 Å². The van der Waals surface area contributed by atoms with Gasteiger partial charge in [0.05, 0.1) is 12.7 Å². The summed E-state index contributed by atoms with van der Waals surface area (Å²) in [6.45, 7) is 3.95. The van der Waals surface area contributed by atoms with Crippen LogP contribution in [0.1, 0.15) is 17.4 Å². The molecule has 0 unspecified atom stereocenters. The van der Waals surface area contributed by atoms with E-state index < -0.39 is 0 Å². The zero-order chi connectivity index (χ0) is 11.7. The van der Waals surface area contributed by atoms with Crippen LogP contribution in [-0.4, -0.2) is 41.2 Å². The number of hydrogen-bond acceptors (Lipinski definition) is 2. The van der Waals surface area contributed by atoms with E-state index in [0.29, 0.717) is 25.4 Å². The standard InChI is InChI=1S/C11H15BrN2O2/c1-8-6-14(3-4-16-8)11(15)10-5-9(12)7-13(10)2/h5,7-8H,3-4,6H2,1-2H3/t8-/m1/s1. The van der Waals surface area contributed by atoms with Gasteiger partial charge in [0, 0.05) is 30.8 Å². The summed E-state index contributed by atoms with van der Waals surface area (Å²) in [6.07, 6.45) is 2.01. The van der Waals surface area contributed by atoms with Crippen molar-refractivity contribution in [3.63, 3.8) is 0 Å². The van der Waals surface area contributed by atoms with E-state index in [1.54, 1.807) is 0 Å². The molecule has 2 rings (SSSR count). The third-order valence-electron chi connectivity index (χ3n) is 2.72. The molecule has 2 heterocycles. The minimum atomic E-state index is 0.0725. The van der Waals surface area contributed by atoms with Crippen molar-refractivity contribution < 1.29 is 9.53 Å². The molecule has 16 heavy (non-hydrogen) atoms. The molecular formula is C11H15BrN2O2. The first-order valence-corrected chi connectivity index (χ1v) is 6.10. The first-order chi connectivity index (χ1) is 7.58. The van der Waals surface area contributed by atoms with Crippen molar-refractivity contribution in [2.24, 2.45) is 7.05 Å². The number of carbonyl (C=O) groups excluding carboxylic acids is 1. The summed E-state index contributed by atoms with van der Waals surface area (Å²) < 4.78 is 8.19. The molecule has 5 heteroatoms. The fraction of sp³-hybridized carbons (Fsp3) is 0.545. The fourth-order valence-electron chi connectivity index (χ4n) is 1.90. The topological polar surface area (TPSA) is 34.5 Å². The lowest BCUT2D eigenvalue weighted by Gasteiger charge is -2.31. The number of ether oxygens (including phenoxy) is 1. The third kappa shape index (κ3) is 2.30. The van der Waals surface area contributed by atoms with Gasteiger partial charge in [0.1, 0.15) is 5.69 Å². The molecule has 1 aromatic rings. The highest BCUT2D eigenvalue weighted by Crippen LogP contribution is 2.16. The SMILES string of the molecule is C[C@@H]1CN(C(=O)c2cc(Br)cn2C)CCO1. The third-order valence-corrected chi connectivity index (χ3v) is 3.15. The number of halogens is 1. The molecule has 1 atom stereocenters. The number of nitrogens with zero attached hydrogens (tertiary/aromatic N) is 2. The van der Waals surface area contributed by atoms with Crippen molar-refractivity contribution in [1.29, 1.82) is 0 Å². The van der Waals surface area contributed by atoms with Crippen LogP contribution in [0.4, 0.5) is 0 Å². The molecule has 0 radical (unpaired) electrons. The van der Waals surface area contributed by atoms with Crippen molar-refractivity contribution in [3.05, 3.63) is 22.4 Å². The van der Waals surface area contributed by atoms with Crippen LogP contribution in [0, 0.1) is 0 Å². The molecule has 4 nitrogen and oxygen atoms in total. The van der Waals surface area contributed by atoms with E-state index in [1.165, 1.54) is 0 Å². The van der Waals surface area contributed by atoms with E-state index in [1.807, 2.05) is 35.7 Å². The van der Waals surface area contributed by atoms with Gasteiger partial charge in [-0.15, -0.1) is 0 Å². The van der Waals surface area contributed by atoms with Gasteiger partial charge in [-0.2, -0.15) is 0 Å². The van der Waals surface area contributed by atoms with E-state index in [4.69, 9.17) is 4.74 Å². The average molecular weight is 287 g/mol. The molecule has 1 aliphatic rings. The number of aromatic nitrogens is 1. The molecule has 0 spiro atoms. The van der Waals surface area contributed by atoms with Crippen molar-refractivity contribution in [3.8, 4) is 0 Å². The lowest BCUT2D eigenvalue weighted by Crippen LogP contribution is -2.45. The highest BCUT2D eigenvalue weighted by Gasteiger charge is 2.24. The molecule has 0 N–H and O–H groups in total. The molecule has 0 aliphatic carbocycles. The van der Waals surface area contributed by atoms with E-state index in [-0.39, 0.29) is 12.0 Å². The summed E-state index contributed by atoms with van der Waals surface area (Å²) in [7, 11) is 1.88. The molecular weight excluding hydrogens is 272 g/mol. The molecule has 0 bridgehead atoms. The smallest absolute Gasteiger partial charge is 0.270 e. The van der Waals surface area contributed by atoms with Gasteiger partial charge in [-0.1, -0.05) is 0 Å². The van der Waals surface area contributed by atoms with E-state index >= 15 is 0 Å². The summed E-state index contributed by atoms with van der Waals surface area (Å²) in [5.74, 6) is 0.0725. The lowest BCUT2D eigenvalue weighted by molar-refractivity contribution is -0.0127. The minimum absolute atomic E-state index is 0.0725. The van der Waals surface area contributed by atoms with Gasteiger partial charge in [-0.3, -0.25) is 4.79 Å². The number of rotatable bonds is 1. The predicted octanol–water partition coefficient (Wildman–Crippen LogP) is 1.65. The molecule has 88 valence electrons. The maximum atomic E-state index is 12.2. The lowest BCUT2D eigenvalue weighted by atomic mass is 10.2. The number of amides is 1. The second-order valence-electron chi connectivity index (χ2n) is 4.09. The van der Waals surface area contributed by atoms with E-state index in [0.717, 1.165) is 4.47 Å². The van der Waals surface area contributed by atoms with Crippen LogP contribution in [0.25, 0.3) is 0 Å². The number of morpholine rings is 1. The Morgan fingerprint density at radius 3 is 2.94 bits per heavy atom. The predicted molar refractivity (Wildman–Crippen MR) is 64.4 cm³/mol. The summed E-state index contributed by atoms with van der Waals surface area (Å²) in [5, 5.41) is 0. The molecule has 0 saturated carbocycles. The van der Waals surface area contributed by atoms with Crippen molar-refractivity contribution in [2.75, 3.05) is 19.7 Å². The molecule has 1 aromatic heterocycles. The Labute approximate surface area is 103 Å². The van der Waals surface area contributed by atoms with Crippen molar-refractivity contribution >= 4 is 21.8 Å². The van der Waals surface area contributed by atoms with Crippen LogP contribution in [0.15, 0.2) is 16.7 Å². The highest BCUT2D eigenvalue weighted by molar-refractivity contribution is 9.10. The van der Waals surface area contributed by atoms with Gasteiger partial charge in [-0.05, 0) is 28.9 Å². The van der Waals surface area contributed by atoms with Gasteiger partial charge in [0.15, 0.2) is 0 Å². The molecule has 1 aliphatic heterocycles. The van der Waals surface area contributed by atoms with E-state index in [9.17, 15) is 4.79 Å². The summed E-state index contributed by atoms with van der Waals surface area (Å²) >= 11 is 3.37. The number of carbonyl (C=O) groups is 1. The Kier molecular flexibility index (Phi) is 3.35. The van der Waals surface area contributed by atoms with Gasteiger partial charge < -0.3 is 14.2 Å². The summed E-state index contributed by atoms with van der Waals surface area (Å²) in [4.78, 5) is 14.1. The number of aryl methyl sites for hydroxylation is 1. The Morgan fingerprint density at radius 2 is 2.38 bits per heavy atom. The van der Waals surface area contributed by atoms with Gasteiger partial charge in [-0.25, -0.2) is 0 Å². The largest absolute Gasteiger partial charge is 0.375 e. The van der Waals surface area contributed by atoms with Crippen LogP contribution in [0.5, 0.6) is 0 Å². The Hall–Kier alpha value is -0.810. The van der Waals surface area contributed by atoms with Gasteiger partial charge in [0.2, 0.25) is 0 Å². The minimum Gasteiger partial charge on any atom is -0.375 e. The first kappa shape index (κ1) is 11.7. The zero-order valence-electron chi connectivity index (χ0n) is 9.44. The van der Waals surface area contributed by atoms with Gasteiger partial charge >= 0.3 is 0 Å². The van der Waals surface area contributed by atoms with Crippen molar-refractivity contribution in [2.45, 2.75) is 13.0 Å². The molecule has 1 saturated heterocycles. The Morgan fingerprint density at radius 1 is 1.62 bits per heavy atom. The van der Waals surface area contributed by atoms with Crippen LogP contribution >= 0.6 is 15.9 Å². The van der Waals surface area contributed by atoms with Crippen LogP contribution < -0.4 is 0 Å². The maximum Gasteiger partial charge on any atom is 0.270 e. The van der Waals surface area contributed by atoms with Crippen LogP contribution in [0.2, 0.25) is 0 Å². The molecule has 1 amide bonds.